The lowest BCUT2D eigenvalue weighted by atomic mass is 9.97. The van der Waals surface area contributed by atoms with Gasteiger partial charge < -0.3 is 15.2 Å². The molecule has 3 rings (SSSR count). The molecule has 0 fully saturated rings. The number of amides is 1. The highest BCUT2D eigenvalue weighted by atomic mass is 16.1. The van der Waals surface area contributed by atoms with Crippen LogP contribution in [-0.2, 0) is 19.4 Å². The van der Waals surface area contributed by atoms with Crippen molar-refractivity contribution in [3.63, 3.8) is 0 Å². The Morgan fingerprint density at radius 2 is 2.00 bits per heavy atom. The van der Waals surface area contributed by atoms with Gasteiger partial charge in [-0.2, -0.15) is 5.26 Å². The number of nitrogens with zero attached hydrogens (tertiary/aromatic N) is 5. The van der Waals surface area contributed by atoms with Gasteiger partial charge in [0.1, 0.15) is 17.5 Å². The van der Waals surface area contributed by atoms with Crippen LogP contribution in [0, 0.1) is 16.7 Å². The number of rotatable bonds is 10. The zero-order valence-electron chi connectivity index (χ0n) is 19.5. The van der Waals surface area contributed by atoms with E-state index in [2.05, 4.69) is 75.2 Å². The summed E-state index contributed by atoms with van der Waals surface area (Å²) in [6.45, 7) is 8.30. The zero-order chi connectivity index (χ0) is 23.7. The molecule has 3 aromatic rings. The number of anilines is 1. The minimum absolute atomic E-state index is 0.00468. The first kappa shape index (κ1) is 23.9. The van der Waals surface area contributed by atoms with E-state index < -0.39 is 0 Å². The number of carbonyl (C=O) groups excluding carboxylic acids is 1. The maximum absolute atomic E-state index is 12.8. The van der Waals surface area contributed by atoms with Crippen LogP contribution in [-0.4, -0.2) is 38.5 Å². The van der Waals surface area contributed by atoms with Gasteiger partial charge in [-0.15, -0.1) is 0 Å². The Morgan fingerprint density at radius 1 is 1.21 bits per heavy atom. The van der Waals surface area contributed by atoms with Crippen LogP contribution in [0.2, 0.25) is 0 Å². The maximum Gasteiger partial charge on any atom is 0.256 e. The molecular formula is C25H31N7O. The molecule has 1 amide bonds. The third-order valence-electron chi connectivity index (χ3n) is 5.05. The Hall–Kier alpha value is -3.73. The van der Waals surface area contributed by atoms with Crippen molar-refractivity contribution in [2.75, 3.05) is 18.4 Å². The van der Waals surface area contributed by atoms with E-state index in [1.165, 1.54) is 17.3 Å². The van der Waals surface area contributed by atoms with Crippen LogP contribution in [0.25, 0.3) is 0 Å². The highest BCUT2D eigenvalue weighted by Crippen LogP contribution is 2.17. The highest BCUT2D eigenvalue weighted by Gasteiger charge is 2.17. The number of hydrogen-bond donors (Lipinski definition) is 2. The van der Waals surface area contributed by atoms with Gasteiger partial charge in [0.25, 0.3) is 5.91 Å². The van der Waals surface area contributed by atoms with E-state index in [9.17, 15) is 4.79 Å². The van der Waals surface area contributed by atoms with E-state index in [0.717, 1.165) is 25.8 Å². The summed E-state index contributed by atoms with van der Waals surface area (Å²) >= 11 is 0. The quantitative estimate of drug-likeness (QED) is 0.493. The van der Waals surface area contributed by atoms with E-state index in [1.807, 2.05) is 18.6 Å². The molecule has 8 heteroatoms. The van der Waals surface area contributed by atoms with Gasteiger partial charge in [0.2, 0.25) is 5.82 Å². The van der Waals surface area contributed by atoms with Crippen molar-refractivity contribution in [3.8, 4) is 6.07 Å². The van der Waals surface area contributed by atoms with Crippen molar-refractivity contribution < 1.29 is 4.79 Å². The topological polar surface area (TPSA) is 109 Å². The van der Waals surface area contributed by atoms with Crippen molar-refractivity contribution in [2.45, 2.75) is 46.6 Å². The van der Waals surface area contributed by atoms with Crippen molar-refractivity contribution in [1.29, 1.82) is 5.26 Å². The zero-order valence-corrected chi connectivity index (χ0v) is 19.5. The average molecular weight is 446 g/mol. The van der Waals surface area contributed by atoms with E-state index in [4.69, 9.17) is 5.26 Å². The molecule has 172 valence electrons. The molecule has 33 heavy (non-hydrogen) atoms. The predicted molar refractivity (Wildman–Crippen MR) is 128 cm³/mol. The van der Waals surface area contributed by atoms with Gasteiger partial charge in [0, 0.05) is 38.2 Å². The van der Waals surface area contributed by atoms with Crippen LogP contribution in [0.5, 0.6) is 0 Å². The number of aromatic nitrogens is 4. The predicted octanol–water partition coefficient (Wildman–Crippen LogP) is 3.61. The van der Waals surface area contributed by atoms with Crippen molar-refractivity contribution in [2.24, 2.45) is 5.41 Å². The Labute approximate surface area is 195 Å². The van der Waals surface area contributed by atoms with Gasteiger partial charge in [0.05, 0.1) is 6.33 Å². The Balaban J connectivity index is 1.54. The van der Waals surface area contributed by atoms with E-state index in [0.29, 0.717) is 24.5 Å². The molecule has 0 saturated carbocycles. The highest BCUT2D eigenvalue weighted by molar-refractivity contribution is 5.98. The molecule has 0 aliphatic heterocycles. The molecule has 8 nitrogen and oxygen atoms in total. The van der Waals surface area contributed by atoms with Gasteiger partial charge in [-0.3, -0.25) is 4.79 Å². The molecule has 0 radical (unpaired) electrons. The van der Waals surface area contributed by atoms with Crippen molar-refractivity contribution in [1.82, 2.24) is 24.8 Å². The summed E-state index contributed by atoms with van der Waals surface area (Å²) in [5, 5.41) is 15.2. The summed E-state index contributed by atoms with van der Waals surface area (Å²) in [7, 11) is 0. The number of nitriles is 1. The molecule has 1 aromatic carbocycles. The fourth-order valence-electron chi connectivity index (χ4n) is 3.33. The van der Waals surface area contributed by atoms with Gasteiger partial charge in [0.15, 0.2) is 0 Å². The van der Waals surface area contributed by atoms with Crippen LogP contribution in [0.15, 0.2) is 49.2 Å². The molecule has 0 atom stereocenters. The monoisotopic (exact) mass is 445 g/mol. The average Bonchev–Trinajstić information content (AvgIpc) is 3.31. The van der Waals surface area contributed by atoms with Gasteiger partial charge in [-0.25, -0.2) is 15.0 Å². The maximum atomic E-state index is 12.8. The largest absolute Gasteiger partial charge is 0.369 e. The number of nitrogens with one attached hydrogen (secondary N) is 2. The van der Waals surface area contributed by atoms with Crippen LogP contribution in [0.3, 0.4) is 0 Å². The minimum Gasteiger partial charge on any atom is -0.369 e. The molecule has 0 saturated heterocycles. The summed E-state index contributed by atoms with van der Waals surface area (Å²) in [5.74, 6) is 0.161. The summed E-state index contributed by atoms with van der Waals surface area (Å²) in [6.07, 6.45) is 9.77. The molecule has 0 spiro atoms. The molecule has 2 aromatic heterocycles. The molecule has 0 aliphatic carbocycles. The lowest BCUT2D eigenvalue weighted by Crippen LogP contribution is -2.28. The molecule has 0 aliphatic rings. The second-order valence-electron chi connectivity index (χ2n) is 9.21. The van der Waals surface area contributed by atoms with E-state index in [1.54, 1.807) is 6.20 Å². The Kier molecular flexibility index (Phi) is 8.14. The number of aryl methyl sites for hydroxylation is 2. The SMILES string of the molecule is CC(C)(C)CNc1nc(C#N)ncc1C(=O)NCCc1cccc(CCCn2ccnc2)c1. The summed E-state index contributed by atoms with van der Waals surface area (Å²) < 4.78 is 2.08. The van der Waals surface area contributed by atoms with Crippen LogP contribution in [0.4, 0.5) is 5.82 Å². The Morgan fingerprint density at radius 3 is 2.70 bits per heavy atom. The normalized spacial score (nSPS) is 11.1. The summed E-state index contributed by atoms with van der Waals surface area (Å²) in [4.78, 5) is 25.0. The summed E-state index contributed by atoms with van der Waals surface area (Å²) in [5.41, 5.74) is 2.80. The number of carbonyl (C=O) groups is 1. The molecule has 0 bridgehead atoms. The van der Waals surface area contributed by atoms with Crippen LogP contribution in [0.1, 0.15) is 54.5 Å². The van der Waals surface area contributed by atoms with E-state index in [-0.39, 0.29) is 17.1 Å². The lowest BCUT2D eigenvalue weighted by Gasteiger charge is -2.20. The fraction of sp³-hybridized carbons (Fsp3) is 0.400. The van der Waals surface area contributed by atoms with Crippen LogP contribution < -0.4 is 10.6 Å². The molecule has 2 heterocycles. The number of imidazole rings is 1. The summed E-state index contributed by atoms with van der Waals surface area (Å²) in [6, 6.07) is 10.4. The standard InChI is InChI=1S/C25H31N7O/c1-25(2,3)17-30-23-21(16-29-22(15-26)31-23)24(33)28-10-9-20-7-4-6-19(14-20)8-5-12-32-13-11-27-18-32/h4,6-7,11,13-14,16,18H,5,8-10,12,17H2,1-3H3,(H,28,33)(H,29,30,31). The second-order valence-corrected chi connectivity index (χ2v) is 9.21. The van der Waals surface area contributed by atoms with Crippen LogP contribution >= 0.6 is 0 Å². The van der Waals surface area contributed by atoms with Gasteiger partial charge in [-0.05, 0) is 35.8 Å². The Bertz CT molecular complexity index is 1090. The molecular weight excluding hydrogens is 414 g/mol. The fourth-order valence-corrected chi connectivity index (χ4v) is 3.33. The first-order valence-corrected chi connectivity index (χ1v) is 11.2. The third-order valence-corrected chi connectivity index (χ3v) is 5.05. The van der Waals surface area contributed by atoms with E-state index >= 15 is 0 Å². The van der Waals surface area contributed by atoms with Crippen molar-refractivity contribution >= 4 is 11.7 Å². The first-order valence-electron chi connectivity index (χ1n) is 11.2. The van der Waals surface area contributed by atoms with Gasteiger partial charge in [-0.1, -0.05) is 45.0 Å². The number of hydrogen-bond acceptors (Lipinski definition) is 6. The number of benzene rings is 1. The second kappa shape index (κ2) is 11.2. The lowest BCUT2D eigenvalue weighted by molar-refractivity contribution is 0.0954. The van der Waals surface area contributed by atoms with Crippen molar-refractivity contribution in [3.05, 3.63) is 71.7 Å². The third kappa shape index (κ3) is 7.72. The van der Waals surface area contributed by atoms with Gasteiger partial charge >= 0.3 is 0 Å². The minimum atomic E-state index is -0.257. The molecule has 0 unspecified atom stereocenters. The molecule has 2 N–H and O–H groups in total. The smallest absolute Gasteiger partial charge is 0.256 e. The first-order chi connectivity index (χ1) is 15.8.